The molecule has 3 unspecified atom stereocenters. The Morgan fingerprint density at radius 3 is 2.73 bits per heavy atom. The van der Waals surface area contributed by atoms with E-state index < -0.39 is 4.92 Å². The van der Waals surface area contributed by atoms with Gasteiger partial charge in [-0.2, -0.15) is 0 Å². The molecule has 1 heterocycles. The fourth-order valence-electron chi connectivity index (χ4n) is 4.20. The first-order valence-corrected chi connectivity index (χ1v) is 8.06. The van der Waals surface area contributed by atoms with Crippen LogP contribution in [-0.4, -0.2) is 27.8 Å². The lowest BCUT2D eigenvalue weighted by Gasteiger charge is -2.33. The lowest BCUT2D eigenvalue weighted by Crippen LogP contribution is -2.42. The Morgan fingerprint density at radius 1 is 1.32 bits per heavy atom. The zero-order valence-electron chi connectivity index (χ0n) is 13.1. The maximum atomic E-state index is 12.9. The largest absolute Gasteiger partial charge is 0.333 e. The summed E-state index contributed by atoms with van der Waals surface area (Å²) in [7, 11) is 0. The lowest BCUT2D eigenvalue weighted by molar-refractivity contribution is -0.385. The molecule has 5 nitrogen and oxygen atoms in total. The Kier molecular flexibility index (Phi) is 3.89. The second kappa shape index (κ2) is 5.71. The summed E-state index contributed by atoms with van der Waals surface area (Å²) in [4.78, 5) is 25.4. The van der Waals surface area contributed by atoms with Crippen LogP contribution < -0.4 is 0 Å². The van der Waals surface area contributed by atoms with Gasteiger partial charge in [-0.3, -0.25) is 14.9 Å². The molecule has 118 valence electrons. The second-order valence-corrected chi connectivity index (χ2v) is 6.67. The molecule has 1 aromatic rings. The standard InChI is InChI=1S/C17H22N2O3/c1-11-9-14(7-8-15(11)19(21)22)17(20)18-12(2)10-13-5-3-4-6-16(13)18/h7-9,12-13,16H,3-6,10H2,1-2H3. The molecule has 1 saturated carbocycles. The quantitative estimate of drug-likeness (QED) is 0.618. The third-order valence-electron chi connectivity index (χ3n) is 5.22. The van der Waals surface area contributed by atoms with Gasteiger partial charge in [0.2, 0.25) is 0 Å². The van der Waals surface area contributed by atoms with Crippen LogP contribution in [0.15, 0.2) is 18.2 Å². The van der Waals surface area contributed by atoms with E-state index in [2.05, 4.69) is 6.92 Å². The molecule has 0 spiro atoms. The Bertz CT molecular complexity index is 614. The van der Waals surface area contributed by atoms with Crippen molar-refractivity contribution in [1.82, 2.24) is 4.90 Å². The molecule has 1 aliphatic heterocycles. The maximum absolute atomic E-state index is 12.9. The third-order valence-corrected chi connectivity index (χ3v) is 5.22. The van der Waals surface area contributed by atoms with Crippen LogP contribution in [0.25, 0.3) is 0 Å². The van der Waals surface area contributed by atoms with Crippen LogP contribution in [0.2, 0.25) is 0 Å². The van der Waals surface area contributed by atoms with Crippen molar-refractivity contribution in [2.75, 3.05) is 0 Å². The van der Waals surface area contributed by atoms with E-state index in [-0.39, 0.29) is 17.6 Å². The average Bonchev–Trinajstić information content (AvgIpc) is 2.81. The molecule has 0 bridgehead atoms. The number of nitro benzene ring substituents is 1. The number of fused-ring (bicyclic) bond motifs is 1. The van der Waals surface area contributed by atoms with E-state index in [1.807, 2.05) is 4.90 Å². The fourth-order valence-corrected chi connectivity index (χ4v) is 4.20. The van der Waals surface area contributed by atoms with Crippen LogP contribution >= 0.6 is 0 Å². The van der Waals surface area contributed by atoms with Gasteiger partial charge in [0, 0.05) is 29.3 Å². The molecule has 5 heteroatoms. The van der Waals surface area contributed by atoms with E-state index in [1.165, 1.54) is 25.3 Å². The normalized spacial score (nSPS) is 27.5. The van der Waals surface area contributed by atoms with Crippen molar-refractivity contribution in [2.24, 2.45) is 5.92 Å². The highest BCUT2D eigenvalue weighted by molar-refractivity contribution is 5.95. The average molecular weight is 302 g/mol. The van der Waals surface area contributed by atoms with Crippen LogP contribution in [-0.2, 0) is 0 Å². The third kappa shape index (κ3) is 2.49. The minimum absolute atomic E-state index is 0.0277. The second-order valence-electron chi connectivity index (χ2n) is 6.67. The van der Waals surface area contributed by atoms with Crippen molar-refractivity contribution in [2.45, 2.75) is 58.0 Å². The summed E-state index contributed by atoms with van der Waals surface area (Å²) in [5.41, 5.74) is 1.19. The summed E-state index contributed by atoms with van der Waals surface area (Å²) in [5.74, 6) is 0.659. The molecular weight excluding hydrogens is 280 g/mol. The van der Waals surface area contributed by atoms with E-state index in [9.17, 15) is 14.9 Å². The highest BCUT2D eigenvalue weighted by Gasteiger charge is 2.42. The van der Waals surface area contributed by atoms with E-state index in [0.29, 0.717) is 23.1 Å². The monoisotopic (exact) mass is 302 g/mol. The first-order chi connectivity index (χ1) is 10.5. The first-order valence-electron chi connectivity index (χ1n) is 8.06. The minimum Gasteiger partial charge on any atom is -0.333 e. The van der Waals surface area contributed by atoms with Gasteiger partial charge in [0.1, 0.15) is 0 Å². The van der Waals surface area contributed by atoms with Crippen molar-refractivity contribution in [3.05, 3.63) is 39.4 Å². The van der Waals surface area contributed by atoms with Gasteiger partial charge < -0.3 is 4.90 Å². The van der Waals surface area contributed by atoms with Crippen molar-refractivity contribution in [3.8, 4) is 0 Å². The summed E-state index contributed by atoms with van der Waals surface area (Å²) < 4.78 is 0. The zero-order valence-corrected chi connectivity index (χ0v) is 13.1. The van der Waals surface area contributed by atoms with Gasteiger partial charge in [-0.1, -0.05) is 12.8 Å². The molecule has 1 saturated heterocycles. The number of rotatable bonds is 2. The molecule has 0 N–H and O–H groups in total. The summed E-state index contributed by atoms with van der Waals surface area (Å²) >= 11 is 0. The summed E-state index contributed by atoms with van der Waals surface area (Å²) in [6.07, 6.45) is 5.86. The van der Waals surface area contributed by atoms with E-state index in [1.54, 1.807) is 19.1 Å². The highest BCUT2D eigenvalue weighted by Crippen LogP contribution is 2.40. The van der Waals surface area contributed by atoms with Gasteiger partial charge in [-0.25, -0.2) is 0 Å². The summed E-state index contributed by atoms with van der Waals surface area (Å²) in [5, 5.41) is 10.9. The predicted molar refractivity (Wildman–Crippen MR) is 83.8 cm³/mol. The maximum Gasteiger partial charge on any atom is 0.272 e. The number of hydrogen-bond donors (Lipinski definition) is 0. The van der Waals surface area contributed by atoms with Crippen molar-refractivity contribution in [1.29, 1.82) is 0 Å². The highest BCUT2D eigenvalue weighted by atomic mass is 16.6. The SMILES string of the molecule is Cc1cc(C(=O)N2C(C)CC3CCCCC32)ccc1[N+](=O)[O-]. The van der Waals surface area contributed by atoms with Crippen LogP contribution in [0.4, 0.5) is 5.69 Å². The molecule has 3 atom stereocenters. The van der Waals surface area contributed by atoms with Gasteiger partial charge in [-0.05, 0) is 51.2 Å². The molecule has 3 rings (SSSR count). The number of amides is 1. The van der Waals surface area contributed by atoms with Gasteiger partial charge in [0.05, 0.1) is 4.92 Å². The first kappa shape index (κ1) is 15.0. The Balaban J connectivity index is 1.87. The van der Waals surface area contributed by atoms with Gasteiger partial charge >= 0.3 is 0 Å². The molecule has 1 aromatic carbocycles. The minimum atomic E-state index is -0.404. The topological polar surface area (TPSA) is 63.5 Å². The van der Waals surface area contributed by atoms with Gasteiger partial charge in [-0.15, -0.1) is 0 Å². The van der Waals surface area contributed by atoms with E-state index >= 15 is 0 Å². The van der Waals surface area contributed by atoms with Crippen LogP contribution in [0.3, 0.4) is 0 Å². The van der Waals surface area contributed by atoms with Crippen molar-refractivity contribution < 1.29 is 9.72 Å². The molecular formula is C17H22N2O3. The number of benzene rings is 1. The number of carbonyl (C=O) groups is 1. The van der Waals surface area contributed by atoms with E-state index in [4.69, 9.17) is 0 Å². The predicted octanol–water partition coefficient (Wildman–Crippen LogP) is 3.70. The number of hydrogen-bond acceptors (Lipinski definition) is 3. The molecule has 0 aromatic heterocycles. The summed E-state index contributed by atoms with van der Waals surface area (Å²) in [6.45, 7) is 3.81. The van der Waals surface area contributed by atoms with Crippen LogP contribution in [0, 0.1) is 23.0 Å². The Hall–Kier alpha value is -1.91. The molecule has 2 fully saturated rings. The smallest absolute Gasteiger partial charge is 0.272 e. The molecule has 2 aliphatic rings. The lowest BCUT2D eigenvalue weighted by atomic mass is 9.85. The Labute approximate surface area is 130 Å². The molecule has 22 heavy (non-hydrogen) atoms. The molecule has 0 radical (unpaired) electrons. The van der Waals surface area contributed by atoms with Gasteiger partial charge in [0.15, 0.2) is 0 Å². The van der Waals surface area contributed by atoms with Crippen molar-refractivity contribution >= 4 is 11.6 Å². The molecule has 1 aliphatic carbocycles. The molecule has 1 amide bonds. The van der Waals surface area contributed by atoms with Crippen LogP contribution in [0.5, 0.6) is 0 Å². The van der Waals surface area contributed by atoms with Crippen LogP contribution in [0.1, 0.15) is 54.9 Å². The van der Waals surface area contributed by atoms with E-state index in [0.717, 1.165) is 12.8 Å². The number of likely N-dealkylation sites (tertiary alicyclic amines) is 1. The number of aryl methyl sites for hydroxylation is 1. The Morgan fingerprint density at radius 2 is 2.05 bits per heavy atom. The van der Waals surface area contributed by atoms with Crippen molar-refractivity contribution in [3.63, 3.8) is 0 Å². The zero-order chi connectivity index (χ0) is 15.9. The summed E-state index contributed by atoms with van der Waals surface area (Å²) in [6, 6.07) is 5.31. The number of nitro groups is 1. The number of carbonyl (C=O) groups excluding carboxylic acids is 1. The number of nitrogens with zero attached hydrogens (tertiary/aromatic N) is 2. The van der Waals surface area contributed by atoms with Gasteiger partial charge in [0.25, 0.3) is 11.6 Å². The fraction of sp³-hybridized carbons (Fsp3) is 0.588.